The highest BCUT2D eigenvalue weighted by atomic mass is 32.1. The summed E-state index contributed by atoms with van der Waals surface area (Å²) in [6.45, 7) is 2.17. The molecule has 0 bridgehead atoms. The summed E-state index contributed by atoms with van der Waals surface area (Å²) in [5, 5.41) is 7.78. The van der Waals surface area contributed by atoms with Crippen molar-refractivity contribution in [3.05, 3.63) is 145 Å². The maximum absolute atomic E-state index is 4.91. The Hall–Kier alpha value is -5.25. The number of imidazole rings is 1. The second-order valence-electron chi connectivity index (χ2n) is 11.4. The number of aromatic nitrogens is 2. The van der Waals surface area contributed by atoms with Gasteiger partial charge in [0.2, 0.25) is 0 Å². The molecule has 0 amide bonds. The second kappa shape index (κ2) is 9.90. The molecule has 44 heavy (non-hydrogen) atoms. The van der Waals surface area contributed by atoms with Gasteiger partial charge in [-0.1, -0.05) is 110 Å². The highest BCUT2D eigenvalue weighted by Gasteiger charge is 2.20. The van der Waals surface area contributed by atoms with Crippen molar-refractivity contribution in [2.75, 3.05) is 0 Å². The standard InChI is InChI=1S/C41H28N2S/c1-2-38-42-34-18-8-9-19-35(34)43(38)27-24-22-26(23-25-27)39-28-12-3-5-14-30(28)40(31-15-6-4-13-29(31)39)33-17-11-21-37-41(33)32-16-7-10-20-36(32)44-37/h3-25H,2H2,1H3. The van der Waals surface area contributed by atoms with E-state index in [-0.39, 0.29) is 0 Å². The van der Waals surface area contributed by atoms with Gasteiger partial charge in [0, 0.05) is 32.3 Å². The van der Waals surface area contributed by atoms with Gasteiger partial charge in [0.25, 0.3) is 0 Å². The van der Waals surface area contributed by atoms with Crippen LogP contribution in [0.5, 0.6) is 0 Å². The summed E-state index contributed by atoms with van der Waals surface area (Å²) >= 11 is 1.88. The molecule has 2 aromatic heterocycles. The second-order valence-corrected chi connectivity index (χ2v) is 12.5. The maximum Gasteiger partial charge on any atom is 0.114 e. The lowest BCUT2D eigenvalue weighted by Crippen LogP contribution is -2.00. The van der Waals surface area contributed by atoms with Crippen LogP contribution in [0, 0.1) is 0 Å². The lowest BCUT2D eigenvalue weighted by atomic mass is 9.85. The van der Waals surface area contributed by atoms with Crippen molar-refractivity contribution in [3.63, 3.8) is 0 Å². The third kappa shape index (κ3) is 3.69. The number of benzene rings is 7. The smallest absolute Gasteiger partial charge is 0.114 e. The predicted molar refractivity (Wildman–Crippen MR) is 189 cm³/mol. The van der Waals surface area contributed by atoms with Gasteiger partial charge in [-0.25, -0.2) is 4.98 Å². The minimum atomic E-state index is 0.874. The molecule has 7 aromatic carbocycles. The van der Waals surface area contributed by atoms with Crippen molar-refractivity contribution in [1.29, 1.82) is 0 Å². The fourth-order valence-electron chi connectivity index (χ4n) is 7.09. The molecule has 0 fully saturated rings. The Kier molecular flexibility index (Phi) is 5.69. The van der Waals surface area contributed by atoms with Crippen molar-refractivity contribution in [1.82, 2.24) is 9.55 Å². The molecule has 0 unspecified atom stereocenters. The maximum atomic E-state index is 4.91. The van der Waals surface area contributed by atoms with Crippen LogP contribution in [0.2, 0.25) is 0 Å². The number of hydrogen-bond donors (Lipinski definition) is 0. The number of nitrogens with zero attached hydrogens (tertiary/aromatic N) is 2. The molecule has 0 saturated carbocycles. The van der Waals surface area contributed by atoms with Crippen LogP contribution in [0.3, 0.4) is 0 Å². The summed E-state index contributed by atoms with van der Waals surface area (Å²) in [5.74, 6) is 1.08. The number of rotatable bonds is 4. The largest absolute Gasteiger partial charge is 0.296 e. The molecule has 9 aromatic rings. The fourth-order valence-corrected chi connectivity index (χ4v) is 8.22. The van der Waals surface area contributed by atoms with Crippen molar-refractivity contribution in [2.45, 2.75) is 13.3 Å². The van der Waals surface area contributed by atoms with Gasteiger partial charge in [-0.05, 0) is 80.2 Å². The SMILES string of the molecule is CCc1nc2ccccc2n1-c1ccc(-c2c3ccccc3c(-c3cccc4sc5ccccc5c34)c3ccccc23)cc1. The van der Waals surface area contributed by atoms with E-state index >= 15 is 0 Å². The Morgan fingerprint density at radius 2 is 1.14 bits per heavy atom. The summed E-state index contributed by atoms with van der Waals surface area (Å²) in [5.41, 5.74) is 8.42. The summed E-state index contributed by atoms with van der Waals surface area (Å²) in [6, 6.07) is 50.9. The van der Waals surface area contributed by atoms with E-state index in [0.717, 1.165) is 29.0 Å². The van der Waals surface area contributed by atoms with Crippen LogP contribution in [-0.2, 0) is 6.42 Å². The van der Waals surface area contributed by atoms with Crippen LogP contribution in [0.4, 0.5) is 0 Å². The van der Waals surface area contributed by atoms with Crippen LogP contribution in [0.25, 0.3) is 80.7 Å². The molecule has 0 aliphatic rings. The lowest BCUT2D eigenvalue weighted by molar-refractivity contribution is 0.908. The van der Waals surface area contributed by atoms with Gasteiger partial charge >= 0.3 is 0 Å². The van der Waals surface area contributed by atoms with Gasteiger partial charge in [0.05, 0.1) is 11.0 Å². The van der Waals surface area contributed by atoms with E-state index in [1.54, 1.807) is 0 Å². The molecule has 9 rings (SSSR count). The quantitative estimate of drug-likeness (QED) is 0.189. The Labute approximate surface area is 259 Å². The molecule has 2 nitrogen and oxygen atoms in total. The molecule has 0 N–H and O–H groups in total. The van der Waals surface area contributed by atoms with Crippen LogP contribution in [-0.4, -0.2) is 9.55 Å². The first kappa shape index (κ1) is 25.3. The van der Waals surface area contributed by atoms with E-state index in [1.165, 1.54) is 64.0 Å². The first-order valence-corrected chi connectivity index (χ1v) is 16.0. The summed E-state index contributed by atoms with van der Waals surface area (Å²) < 4.78 is 4.96. The summed E-state index contributed by atoms with van der Waals surface area (Å²) in [4.78, 5) is 4.91. The molecular formula is C41H28N2S. The molecule has 2 heterocycles. The van der Waals surface area contributed by atoms with Crippen LogP contribution >= 0.6 is 11.3 Å². The monoisotopic (exact) mass is 580 g/mol. The Bertz CT molecular complexity index is 2480. The Balaban J connectivity index is 1.31. The van der Waals surface area contributed by atoms with Crippen molar-refractivity contribution < 1.29 is 0 Å². The molecule has 0 atom stereocenters. The van der Waals surface area contributed by atoms with Gasteiger partial charge in [-0.2, -0.15) is 0 Å². The zero-order valence-corrected chi connectivity index (χ0v) is 25.1. The van der Waals surface area contributed by atoms with Crippen molar-refractivity contribution in [2.24, 2.45) is 0 Å². The summed E-state index contributed by atoms with van der Waals surface area (Å²) in [7, 11) is 0. The Morgan fingerprint density at radius 1 is 0.545 bits per heavy atom. The number of thiophene rings is 1. The van der Waals surface area contributed by atoms with Crippen molar-refractivity contribution in [3.8, 4) is 27.9 Å². The van der Waals surface area contributed by atoms with E-state index in [0.29, 0.717) is 0 Å². The lowest BCUT2D eigenvalue weighted by Gasteiger charge is -2.19. The van der Waals surface area contributed by atoms with E-state index in [1.807, 2.05) is 11.3 Å². The number of hydrogen-bond acceptors (Lipinski definition) is 2. The number of fused-ring (bicyclic) bond motifs is 6. The van der Waals surface area contributed by atoms with Gasteiger partial charge in [-0.3, -0.25) is 4.57 Å². The molecule has 0 saturated heterocycles. The van der Waals surface area contributed by atoms with Gasteiger partial charge in [0.1, 0.15) is 5.82 Å². The third-order valence-corrected chi connectivity index (χ3v) is 10.1. The minimum Gasteiger partial charge on any atom is -0.296 e. The molecule has 208 valence electrons. The molecule has 0 radical (unpaired) electrons. The molecule has 3 heteroatoms. The highest BCUT2D eigenvalue weighted by molar-refractivity contribution is 7.25. The zero-order chi connectivity index (χ0) is 29.2. The van der Waals surface area contributed by atoms with E-state index in [2.05, 4.69) is 151 Å². The van der Waals surface area contributed by atoms with E-state index < -0.39 is 0 Å². The summed E-state index contributed by atoms with van der Waals surface area (Å²) in [6.07, 6.45) is 0.874. The van der Waals surface area contributed by atoms with Crippen LogP contribution in [0.15, 0.2) is 140 Å². The van der Waals surface area contributed by atoms with Gasteiger partial charge in [0.15, 0.2) is 0 Å². The highest BCUT2D eigenvalue weighted by Crippen LogP contribution is 2.47. The number of aryl methyl sites for hydroxylation is 1. The third-order valence-electron chi connectivity index (χ3n) is 8.96. The topological polar surface area (TPSA) is 17.8 Å². The van der Waals surface area contributed by atoms with Crippen LogP contribution < -0.4 is 0 Å². The van der Waals surface area contributed by atoms with E-state index in [4.69, 9.17) is 4.98 Å². The van der Waals surface area contributed by atoms with Crippen molar-refractivity contribution >= 4 is 64.1 Å². The molecule has 0 spiro atoms. The van der Waals surface area contributed by atoms with E-state index in [9.17, 15) is 0 Å². The first-order valence-electron chi connectivity index (χ1n) is 15.2. The molecular weight excluding hydrogens is 553 g/mol. The minimum absolute atomic E-state index is 0.874. The Morgan fingerprint density at radius 3 is 1.84 bits per heavy atom. The first-order chi connectivity index (χ1) is 21.8. The van der Waals surface area contributed by atoms with Gasteiger partial charge < -0.3 is 0 Å². The van der Waals surface area contributed by atoms with Gasteiger partial charge in [-0.15, -0.1) is 11.3 Å². The average molecular weight is 581 g/mol. The normalized spacial score (nSPS) is 11.8. The predicted octanol–water partition coefficient (Wildman–Crippen LogP) is 11.6. The zero-order valence-electron chi connectivity index (χ0n) is 24.3. The average Bonchev–Trinajstić information content (AvgIpc) is 3.66. The fraction of sp³-hybridized carbons (Fsp3) is 0.0488. The van der Waals surface area contributed by atoms with Crippen LogP contribution in [0.1, 0.15) is 12.7 Å². The number of para-hydroxylation sites is 2. The molecule has 0 aliphatic heterocycles. The molecule has 0 aliphatic carbocycles.